The molecular formula is C20H33N3O. The molecule has 0 bridgehead atoms. The largest absolute Gasteiger partial charge is 0.337 e. The molecule has 1 aliphatic rings. The molecule has 2 unspecified atom stereocenters. The van der Waals surface area contributed by atoms with Crippen molar-refractivity contribution in [2.24, 2.45) is 11.7 Å². The lowest BCUT2D eigenvalue weighted by molar-refractivity contribution is -0.136. The van der Waals surface area contributed by atoms with Crippen molar-refractivity contribution in [1.82, 2.24) is 9.80 Å². The summed E-state index contributed by atoms with van der Waals surface area (Å²) in [5.74, 6) is 0.259. The predicted molar refractivity (Wildman–Crippen MR) is 99.5 cm³/mol. The molecule has 2 rings (SSSR count). The zero-order chi connectivity index (χ0) is 17.7. The van der Waals surface area contributed by atoms with Gasteiger partial charge in [-0.05, 0) is 44.7 Å². The Bertz CT molecular complexity index is 515. The Morgan fingerprint density at radius 2 is 1.92 bits per heavy atom. The van der Waals surface area contributed by atoms with Crippen LogP contribution in [0.3, 0.4) is 0 Å². The Labute approximate surface area is 147 Å². The summed E-state index contributed by atoms with van der Waals surface area (Å²) in [6.45, 7) is 11.0. The maximum Gasteiger partial charge on any atom is 0.240 e. The number of likely N-dealkylation sites (tertiary alicyclic amines) is 1. The normalized spacial score (nSPS) is 19.9. The molecule has 1 aromatic carbocycles. The number of hydrogen-bond donors (Lipinski definition) is 1. The van der Waals surface area contributed by atoms with E-state index >= 15 is 0 Å². The first-order valence-corrected chi connectivity index (χ1v) is 9.24. The van der Waals surface area contributed by atoms with Gasteiger partial charge in [0.1, 0.15) is 0 Å². The van der Waals surface area contributed by atoms with Gasteiger partial charge in [0.05, 0.1) is 6.04 Å². The molecule has 4 nitrogen and oxygen atoms in total. The van der Waals surface area contributed by atoms with Crippen molar-refractivity contribution in [3.8, 4) is 0 Å². The lowest BCUT2D eigenvalue weighted by Crippen LogP contribution is -2.53. The van der Waals surface area contributed by atoms with E-state index < -0.39 is 6.04 Å². The van der Waals surface area contributed by atoms with Gasteiger partial charge in [-0.15, -0.1) is 0 Å². The quantitative estimate of drug-likeness (QED) is 0.836. The van der Waals surface area contributed by atoms with Gasteiger partial charge in [-0.1, -0.05) is 44.2 Å². The molecule has 2 N–H and O–H groups in total. The second kappa shape index (κ2) is 8.63. The van der Waals surface area contributed by atoms with Gasteiger partial charge in [-0.3, -0.25) is 9.69 Å². The minimum atomic E-state index is -0.406. The summed E-state index contributed by atoms with van der Waals surface area (Å²) in [5, 5.41) is 0. The van der Waals surface area contributed by atoms with Crippen LogP contribution >= 0.6 is 0 Å². The average Bonchev–Trinajstić information content (AvgIpc) is 2.98. The van der Waals surface area contributed by atoms with Crippen LogP contribution in [-0.2, 0) is 11.3 Å². The topological polar surface area (TPSA) is 49.6 Å². The van der Waals surface area contributed by atoms with Crippen LogP contribution in [0.2, 0.25) is 0 Å². The number of amides is 1. The van der Waals surface area contributed by atoms with E-state index in [9.17, 15) is 4.79 Å². The lowest BCUT2D eigenvalue weighted by Gasteiger charge is -2.35. The van der Waals surface area contributed by atoms with E-state index in [0.29, 0.717) is 6.04 Å². The molecule has 1 aromatic rings. The third-order valence-electron chi connectivity index (χ3n) is 5.04. The molecule has 1 fully saturated rings. The van der Waals surface area contributed by atoms with Gasteiger partial charge >= 0.3 is 0 Å². The molecule has 0 saturated carbocycles. The first kappa shape index (κ1) is 18.9. The van der Waals surface area contributed by atoms with Gasteiger partial charge in [0.2, 0.25) is 5.91 Å². The highest BCUT2D eigenvalue weighted by molar-refractivity contribution is 5.82. The summed E-state index contributed by atoms with van der Waals surface area (Å²) in [7, 11) is 0. The fourth-order valence-electron chi connectivity index (χ4n) is 3.39. The van der Waals surface area contributed by atoms with Gasteiger partial charge in [0, 0.05) is 25.2 Å². The number of carbonyl (C=O) groups excluding carboxylic acids is 1. The summed E-state index contributed by atoms with van der Waals surface area (Å²) >= 11 is 0. The maximum absolute atomic E-state index is 12.8. The molecule has 1 aliphatic heterocycles. The zero-order valence-corrected chi connectivity index (χ0v) is 15.6. The lowest BCUT2D eigenvalue weighted by atomic mass is 10.0. The smallest absolute Gasteiger partial charge is 0.240 e. The Morgan fingerprint density at radius 3 is 2.50 bits per heavy atom. The van der Waals surface area contributed by atoms with Crippen molar-refractivity contribution in [3.63, 3.8) is 0 Å². The van der Waals surface area contributed by atoms with Crippen LogP contribution in [0.15, 0.2) is 30.3 Å². The van der Waals surface area contributed by atoms with Crippen molar-refractivity contribution < 1.29 is 4.79 Å². The molecular weight excluding hydrogens is 298 g/mol. The van der Waals surface area contributed by atoms with Crippen molar-refractivity contribution in [2.45, 2.75) is 65.2 Å². The molecule has 1 amide bonds. The highest BCUT2D eigenvalue weighted by Crippen LogP contribution is 2.22. The van der Waals surface area contributed by atoms with Gasteiger partial charge in [-0.25, -0.2) is 0 Å². The third-order valence-corrected chi connectivity index (χ3v) is 5.04. The number of benzene rings is 1. The van der Waals surface area contributed by atoms with Crippen LogP contribution in [0.4, 0.5) is 0 Å². The van der Waals surface area contributed by atoms with Crippen LogP contribution < -0.4 is 5.73 Å². The Kier molecular flexibility index (Phi) is 6.81. The number of carbonyl (C=O) groups is 1. The summed E-state index contributed by atoms with van der Waals surface area (Å²) < 4.78 is 0. The van der Waals surface area contributed by atoms with E-state index in [2.05, 4.69) is 49.1 Å². The van der Waals surface area contributed by atoms with Gasteiger partial charge < -0.3 is 10.6 Å². The molecule has 1 heterocycles. The number of hydrogen-bond acceptors (Lipinski definition) is 3. The highest BCUT2D eigenvalue weighted by Gasteiger charge is 2.31. The molecule has 0 aromatic heterocycles. The van der Waals surface area contributed by atoms with E-state index in [0.717, 1.165) is 26.1 Å². The van der Waals surface area contributed by atoms with E-state index in [1.165, 1.54) is 12.0 Å². The van der Waals surface area contributed by atoms with Crippen molar-refractivity contribution in [2.75, 3.05) is 13.1 Å². The van der Waals surface area contributed by atoms with Crippen LogP contribution in [-0.4, -0.2) is 46.9 Å². The van der Waals surface area contributed by atoms with Crippen LogP contribution in [0, 0.1) is 5.92 Å². The van der Waals surface area contributed by atoms with Crippen molar-refractivity contribution >= 4 is 5.91 Å². The van der Waals surface area contributed by atoms with Crippen molar-refractivity contribution in [3.05, 3.63) is 35.9 Å². The molecule has 2 atom stereocenters. The summed E-state index contributed by atoms with van der Waals surface area (Å²) in [6, 6.07) is 10.8. The molecule has 0 spiro atoms. The summed E-state index contributed by atoms with van der Waals surface area (Å²) in [5.41, 5.74) is 7.46. The van der Waals surface area contributed by atoms with Crippen LogP contribution in [0.25, 0.3) is 0 Å². The maximum atomic E-state index is 12.8. The molecule has 0 radical (unpaired) electrons. The molecule has 1 saturated heterocycles. The zero-order valence-electron chi connectivity index (χ0n) is 15.6. The van der Waals surface area contributed by atoms with Crippen LogP contribution in [0.5, 0.6) is 0 Å². The SMILES string of the molecule is CC(C)C(N)C(=O)N(CC1CCCN1Cc1ccccc1)C(C)C. The minimum Gasteiger partial charge on any atom is -0.337 e. The molecule has 134 valence electrons. The number of nitrogens with two attached hydrogens (primary N) is 1. The highest BCUT2D eigenvalue weighted by atomic mass is 16.2. The van der Waals surface area contributed by atoms with E-state index in [-0.39, 0.29) is 17.9 Å². The monoisotopic (exact) mass is 331 g/mol. The third kappa shape index (κ3) is 4.81. The Hall–Kier alpha value is -1.39. The number of rotatable bonds is 7. The van der Waals surface area contributed by atoms with Crippen molar-refractivity contribution in [1.29, 1.82) is 0 Å². The van der Waals surface area contributed by atoms with E-state index in [1.807, 2.05) is 18.7 Å². The van der Waals surface area contributed by atoms with E-state index in [4.69, 9.17) is 5.73 Å². The Balaban J connectivity index is 2.03. The fraction of sp³-hybridized carbons (Fsp3) is 0.650. The predicted octanol–water partition coefficient (Wildman–Crippen LogP) is 2.87. The van der Waals surface area contributed by atoms with Gasteiger partial charge in [0.15, 0.2) is 0 Å². The average molecular weight is 332 g/mol. The summed E-state index contributed by atoms with van der Waals surface area (Å²) in [4.78, 5) is 17.3. The molecule has 0 aliphatic carbocycles. The Morgan fingerprint density at radius 1 is 1.25 bits per heavy atom. The molecule has 4 heteroatoms. The van der Waals surface area contributed by atoms with Gasteiger partial charge in [-0.2, -0.15) is 0 Å². The second-order valence-corrected chi connectivity index (χ2v) is 7.61. The second-order valence-electron chi connectivity index (χ2n) is 7.61. The van der Waals surface area contributed by atoms with Gasteiger partial charge in [0.25, 0.3) is 0 Å². The standard InChI is InChI=1S/C20H33N3O/c1-15(2)19(21)20(24)23(16(3)4)14-18-11-8-12-22(18)13-17-9-6-5-7-10-17/h5-7,9-10,15-16,18-19H,8,11-14,21H2,1-4H3. The number of nitrogens with zero attached hydrogens (tertiary/aromatic N) is 2. The van der Waals surface area contributed by atoms with E-state index in [1.54, 1.807) is 0 Å². The minimum absolute atomic E-state index is 0.0894. The first-order valence-electron chi connectivity index (χ1n) is 9.24. The molecule has 24 heavy (non-hydrogen) atoms. The first-order chi connectivity index (χ1) is 11.4. The van der Waals surface area contributed by atoms with Crippen LogP contribution in [0.1, 0.15) is 46.1 Å². The fourth-order valence-corrected chi connectivity index (χ4v) is 3.39. The summed E-state index contributed by atoms with van der Waals surface area (Å²) in [6.07, 6.45) is 2.36.